The van der Waals surface area contributed by atoms with Crippen LogP contribution in [0.5, 0.6) is 5.75 Å². The Morgan fingerprint density at radius 1 is 1.00 bits per heavy atom. The summed E-state index contributed by atoms with van der Waals surface area (Å²) >= 11 is 0. The minimum Gasteiger partial charge on any atom is -0.497 e. The third-order valence-corrected chi connectivity index (χ3v) is 5.99. The second kappa shape index (κ2) is 9.64. The molecule has 2 aromatic carbocycles. The average Bonchev–Trinajstić information content (AvgIpc) is 2.74. The van der Waals surface area contributed by atoms with Crippen LogP contribution in [-0.2, 0) is 11.2 Å². The summed E-state index contributed by atoms with van der Waals surface area (Å²) in [4.78, 5) is 5.07. The first-order chi connectivity index (χ1) is 13.3. The second-order valence-electron chi connectivity index (χ2n) is 7.73. The summed E-state index contributed by atoms with van der Waals surface area (Å²) < 4.78 is 11.6. The Labute approximate surface area is 174 Å². The first kappa shape index (κ1) is 21.0. The number of likely N-dealkylation sites (tertiary alicyclic amines) is 1. The Morgan fingerprint density at radius 2 is 1.79 bits per heavy atom. The first-order valence-corrected chi connectivity index (χ1v) is 10.1. The van der Waals surface area contributed by atoms with Gasteiger partial charge in [-0.25, -0.2) is 0 Å². The van der Waals surface area contributed by atoms with Crippen molar-refractivity contribution in [3.63, 3.8) is 0 Å². The number of halogens is 1. The molecule has 2 aromatic rings. The highest BCUT2D eigenvalue weighted by Gasteiger charge is 2.39. The van der Waals surface area contributed by atoms with Gasteiger partial charge in [0.1, 0.15) is 5.75 Å². The topological polar surface area (TPSA) is 24.9 Å². The van der Waals surface area contributed by atoms with Gasteiger partial charge in [0.25, 0.3) is 0 Å². The Hall–Kier alpha value is -1.75. The van der Waals surface area contributed by atoms with Crippen molar-refractivity contribution in [2.75, 3.05) is 51.3 Å². The number of rotatable bonds is 5. The van der Waals surface area contributed by atoms with Gasteiger partial charge in [-0.05, 0) is 49.1 Å². The molecule has 0 radical (unpaired) electrons. The lowest BCUT2D eigenvalue weighted by Crippen LogP contribution is -2.57. The summed E-state index contributed by atoms with van der Waals surface area (Å²) in [6.07, 6.45) is 3.31. The fourth-order valence-electron chi connectivity index (χ4n) is 4.31. The third kappa shape index (κ3) is 4.99. The summed E-state index contributed by atoms with van der Waals surface area (Å²) in [6, 6.07) is 19.2. The fraction of sp³-hybridized carbons (Fsp3) is 0.478. The van der Waals surface area contributed by atoms with E-state index in [0.29, 0.717) is 0 Å². The standard InChI is InChI=1S/C23H30N2O2.ClH/c1-26-22-9-5-6-20(18-22)10-13-24-14-11-23(12-15-24)19-25(16-17-27-23)21-7-3-2-4-8-21;/h2-9,18H,10-17,19H2,1H3;1H. The molecule has 0 unspecified atom stereocenters. The number of methoxy groups -OCH3 is 1. The number of para-hydroxylation sites is 1. The molecule has 28 heavy (non-hydrogen) atoms. The molecule has 0 N–H and O–H groups in total. The van der Waals surface area contributed by atoms with Crippen LogP contribution in [0.15, 0.2) is 54.6 Å². The molecule has 152 valence electrons. The Morgan fingerprint density at radius 3 is 2.54 bits per heavy atom. The van der Waals surface area contributed by atoms with Crippen molar-refractivity contribution in [2.24, 2.45) is 0 Å². The summed E-state index contributed by atoms with van der Waals surface area (Å²) in [6.45, 7) is 6.18. The van der Waals surface area contributed by atoms with Crippen molar-refractivity contribution in [3.05, 3.63) is 60.2 Å². The number of hydrogen-bond donors (Lipinski definition) is 0. The molecule has 4 nitrogen and oxygen atoms in total. The number of piperidine rings is 1. The van der Waals surface area contributed by atoms with Crippen molar-refractivity contribution >= 4 is 18.1 Å². The monoisotopic (exact) mass is 402 g/mol. The van der Waals surface area contributed by atoms with Crippen molar-refractivity contribution in [1.82, 2.24) is 4.90 Å². The smallest absolute Gasteiger partial charge is 0.119 e. The van der Waals surface area contributed by atoms with Gasteiger partial charge in [-0.1, -0.05) is 30.3 Å². The number of ether oxygens (including phenoxy) is 2. The van der Waals surface area contributed by atoms with E-state index in [1.165, 1.54) is 11.3 Å². The summed E-state index contributed by atoms with van der Waals surface area (Å²) in [5.74, 6) is 0.946. The van der Waals surface area contributed by atoms with Crippen LogP contribution < -0.4 is 9.64 Å². The quantitative estimate of drug-likeness (QED) is 0.753. The van der Waals surface area contributed by atoms with Gasteiger partial charge in [0, 0.05) is 38.4 Å². The second-order valence-corrected chi connectivity index (χ2v) is 7.73. The third-order valence-electron chi connectivity index (χ3n) is 5.99. The number of nitrogens with zero attached hydrogens (tertiary/aromatic N) is 2. The molecule has 2 aliphatic rings. The van der Waals surface area contributed by atoms with E-state index in [-0.39, 0.29) is 18.0 Å². The molecule has 1 spiro atoms. The van der Waals surface area contributed by atoms with Gasteiger partial charge in [-0.15, -0.1) is 12.4 Å². The van der Waals surface area contributed by atoms with Crippen LogP contribution in [0.2, 0.25) is 0 Å². The van der Waals surface area contributed by atoms with Gasteiger partial charge in [0.2, 0.25) is 0 Å². The lowest BCUT2D eigenvalue weighted by atomic mass is 9.89. The molecule has 0 saturated carbocycles. The predicted octanol–water partition coefficient (Wildman–Crippen LogP) is 4.03. The van der Waals surface area contributed by atoms with Crippen LogP contribution in [-0.4, -0.2) is 56.9 Å². The van der Waals surface area contributed by atoms with E-state index in [1.807, 2.05) is 6.07 Å². The molecule has 2 aliphatic heterocycles. The zero-order valence-corrected chi connectivity index (χ0v) is 17.5. The largest absolute Gasteiger partial charge is 0.497 e. The summed E-state index contributed by atoms with van der Waals surface area (Å²) in [7, 11) is 1.73. The van der Waals surface area contributed by atoms with E-state index in [0.717, 1.165) is 64.3 Å². The van der Waals surface area contributed by atoms with E-state index in [1.54, 1.807) is 7.11 Å². The minimum absolute atomic E-state index is 0. The molecule has 4 rings (SSSR count). The number of hydrogen-bond acceptors (Lipinski definition) is 4. The van der Waals surface area contributed by atoms with Gasteiger partial charge in [-0.3, -0.25) is 0 Å². The molecule has 0 atom stereocenters. The summed E-state index contributed by atoms with van der Waals surface area (Å²) in [5.41, 5.74) is 2.69. The normalized spacial score (nSPS) is 19.2. The van der Waals surface area contributed by atoms with Crippen LogP contribution in [0.4, 0.5) is 5.69 Å². The maximum Gasteiger partial charge on any atom is 0.119 e. The lowest BCUT2D eigenvalue weighted by molar-refractivity contribution is -0.0909. The molecular weight excluding hydrogens is 372 g/mol. The van der Waals surface area contributed by atoms with Crippen molar-refractivity contribution < 1.29 is 9.47 Å². The molecule has 0 aromatic heterocycles. The Bertz CT molecular complexity index is 732. The predicted molar refractivity (Wildman–Crippen MR) is 117 cm³/mol. The zero-order valence-electron chi connectivity index (χ0n) is 16.7. The van der Waals surface area contributed by atoms with Gasteiger partial charge < -0.3 is 19.3 Å². The summed E-state index contributed by atoms with van der Waals surface area (Å²) in [5, 5.41) is 0. The SMILES string of the molecule is COc1cccc(CCN2CCC3(CC2)CN(c2ccccc2)CCO3)c1.Cl. The van der Waals surface area contributed by atoms with Crippen molar-refractivity contribution in [1.29, 1.82) is 0 Å². The van der Waals surface area contributed by atoms with Crippen LogP contribution in [0.1, 0.15) is 18.4 Å². The first-order valence-electron chi connectivity index (χ1n) is 10.1. The number of benzene rings is 2. The van der Waals surface area contributed by atoms with Gasteiger partial charge in [0.15, 0.2) is 0 Å². The zero-order chi connectivity index (χ0) is 18.5. The Balaban J connectivity index is 0.00000225. The highest BCUT2D eigenvalue weighted by Crippen LogP contribution is 2.32. The van der Waals surface area contributed by atoms with Gasteiger partial charge >= 0.3 is 0 Å². The molecule has 0 amide bonds. The highest BCUT2D eigenvalue weighted by molar-refractivity contribution is 5.85. The highest BCUT2D eigenvalue weighted by atomic mass is 35.5. The molecule has 5 heteroatoms. The average molecular weight is 403 g/mol. The van der Waals surface area contributed by atoms with Gasteiger partial charge in [-0.2, -0.15) is 0 Å². The minimum atomic E-state index is 0. The van der Waals surface area contributed by atoms with E-state index in [9.17, 15) is 0 Å². The Kier molecular flexibility index (Phi) is 7.22. The van der Waals surface area contributed by atoms with Crippen LogP contribution in [0.25, 0.3) is 0 Å². The molecule has 2 heterocycles. The van der Waals surface area contributed by atoms with Crippen LogP contribution >= 0.6 is 12.4 Å². The molecule has 2 saturated heterocycles. The molecule has 2 fully saturated rings. The maximum absolute atomic E-state index is 6.31. The van der Waals surface area contributed by atoms with E-state index < -0.39 is 0 Å². The van der Waals surface area contributed by atoms with E-state index in [2.05, 4.69) is 58.3 Å². The number of anilines is 1. The van der Waals surface area contributed by atoms with Gasteiger partial charge in [0.05, 0.1) is 19.3 Å². The van der Waals surface area contributed by atoms with Crippen LogP contribution in [0.3, 0.4) is 0 Å². The molecular formula is C23H31ClN2O2. The number of morpholine rings is 1. The lowest BCUT2D eigenvalue weighted by Gasteiger charge is -2.48. The molecule has 0 bridgehead atoms. The maximum atomic E-state index is 6.31. The molecule has 0 aliphatic carbocycles. The van der Waals surface area contributed by atoms with E-state index in [4.69, 9.17) is 9.47 Å². The van der Waals surface area contributed by atoms with Crippen molar-refractivity contribution in [2.45, 2.75) is 24.9 Å². The fourth-order valence-corrected chi connectivity index (χ4v) is 4.31. The van der Waals surface area contributed by atoms with Crippen molar-refractivity contribution in [3.8, 4) is 5.75 Å². The van der Waals surface area contributed by atoms with E-state index >= 15 is 0 Å². The van der Waals surface area contributed by atoms with Crippen LogP contribution in [0, 0.1) is 0 Å².